The molecule has 0 heterocycles. The van der Waals surface area contributed by atoms with Crippen LogP contribution in [0.4, 0.5) is 14.5 Å². The average Bonchev–Trinajstić information content (AvgIpc) is 2.36. The van der Waals surface area contributed by atoms with E-state index in [-0.39, 0.29) is 10.6 Å². The van der Waals surface area contributed by atoms with Crippen LogP contribution in [-0.2, 0) is 0 Å². The highest BCUT2D eigenvalue weighted by Crippen LogP contribution is 2.25. The Morgan fingerprint density at radius 3 is 2.63 bits per heavy atom. The van der Waals surface area contributed by atoms with Crippen molar-refractivity contribution in [1.29, 1.82) is 0 Å². The summed E-state index contributed by atoms with van der Waals surface area (Å²) < 4.78 is 26.5. The second kappa shape index (κ2) is 5.67. The van der Waals surface area contributed by atoms with Gasteiger partial charge in [0.15, 0.2) is 0 Å². The number of halogens is 4. The molecule has 19 heavy (non-hydrogen) atoms. The highest BCUT2D eigenvalue weighted by molar-refractivity contribution is 9.10. The van der Waals surface area contributed by atoms with Gasteiger partial charge in [-0.3, -0.25) is 4.79 Å². The smallest absolute Gasteiger partial charge is 0.257 e. The summed E-state index contributed by atoms with van der Waals surface area (Å²) in [5.74, 6) is -1.68. The van der Waals surface area contributed by atoms with E-state index in [0.29, 0.717) is 10.2 Å². The Bertz CT molecular complexity index is 649. The van der Waals surface area contributed by atoms with Crippen molar-refractivity contribution in [3.63, 3.8) is 0 Å². The molecule has 0 aromatic heterocycles. The lowest BCUT2D eigenvalue weighted by atomic mass is 10.2. The predicted molar refractivity (Wildman–Crippen MR) is 73.5 cm³/mol. The van der Waals surface area contributed by atoms with Crippen molar-refractivity contribution in [2.24, 2.45) is 0 Å². The molecule has 6 heteroatoms. The molecule has 2 rings (SSSR count). The Morgan fingerprint density at radius 2 is 1.95 bits per heavy atom. The molecule has 2 nitrogen and oxygen atoms in total. The Labute approximate surface area is 121 Å². The molecule has 0 atom stereocenters. The molecule has 0 aliphatic rings. The van der Waals surface area contributed by atoms with Crippen molar-refractivity contribution in [1.82, 2.24) is 0 Å². The van der Waals surface area contributed by atoms with E-state index in [1.807, 2.05) is 0 Å². The van der Waals surface area contributed by atoms with Crippen LogP contribution in [0.5, 0.6) is 0 Å². The molecule has 0 spiro atoms. The molecule has 2 aromatic carbocycles. The molecule has 0 saturated carbocycles. The third kappa shape index (κ3) is 3.11. The normalized spacial score (nSPS) is 10.3. The molecule has 0 aliphatic heterocycles. The number of nitrogens with one attached hydrogen (secondary N) is 1. The maximum absolute atomic E-state index is 13.2. The van der Waals surface area contributed by atoms with Crippen molar-refractivity contribution < 1.29 is 13.6 Å². The summed E-state index contributed by atoms with van der Waals surface area (Å²) in [7, 11) is 0. The van der Waals surface area contributed by atoms with Gasteiger partial charge in [0, 0.05) is 4.47 Å². The largest absolute Gasteiger partial charge is 0.321 e. The zero-order chi connectivity index (χ0) is 14.0. The molecule has 0 aliphatic carbocycles. The van der Waals surface area contributed by atoms with Crippen molar-refractivity contribution in [3.8, 4) is 0 Å². The van der Waals surface area contributed by atoms with Crippen LogP contribution >= 0.6 is 27.5 Å². The van der Waals surface area contributed by atoms with Gasteiger partial charge in [-0.05, 0) is 46.3 Å². The zero-order valence-electron chi connectivity index (χ0n) is 9.38. The van der Waals surface area contributed by atoms with Crippen LogP contribution in [0.25, 0.3) is 0 Å². The molecule has 1 N–H and O–H groups in total. The lowest BCUT2D eigenvalue weighted by Gasteiger charge is -2.08. The van der Waals surface area contributed by atoms with Crippen LogP contribution in [0.3, 0.4) is 0 Å². The summed E-state index contributed by atoms with van der Waals surface area (Å²) in [6.45, 7) is 0. The van der Waals surface area contributed by atoms with Gasteiger partial charge in [-0.15, -0.1) is 0 Å². The Hall–Kier alpha value is -1.46. The van der Waals surface area contributed by atoms with Crippen LogP contribution < -0.4 is 5.32 Å². The second-order valence-corrected chi connectivity index (χ2v) is 4.91. The Balaban J connectivity index is 2.28. The van der Waals surface area contributed by atoms with Crippen molar-refractivity contribution in [2.45, 2.75) is 0 Å². The van der Waals surface area contributed by atoms with E-state index in [0.717, 1.165) is 6.07 Å². The summed E-state index contributed by atoms with van der Waals surface area (Å²) in [5.41, 5.74) is 0.379. The van der Waals surface area contributed by atoms with Crippen LogP contribution in [0, 0.1) is 11.6 Å². The third-order valence-electron chi connectivity index (χ3n) is 2.38. The van der Waals surface area contributed by atoms with E-state index >= 15 is 0 Å². The van der Waals surface area contributed by atoms with Gasteiger partial charge in [0.1, 0.15) is 11.6 Å². The number of rotatable bonds is 2. The van der Waals surface area contributed by atoms with E-state index in [2.05, 4.69) is 21.2 Å². The summed E-state index contributed by atoms with van der Waals surface area (Å²) in [5, 5.41) is 2.27. The third-order valence-corrected chi connectivity index (χ3v) is 3.42. The summed E-state index contributed by atoms with van der Waals surface area (Å²) in [4.78, 5) is 11.9. The second-order valence-electron chi connectivity index (χ2n) is 3.68. The van der Waals surface area contributed by atoms with Gasteiger partial charge in [0.05, 0.1) is 16.3 Å². The van der Waals surface area contributed by atoms with Crippen molar-refractivity contribution >= 4 is 39.1 Å². The summed E-state index contributed by atoms with van der Waals surface area (Å²) in [6, 6.07) is 7.75. The van der Waals surface area contributed by atoms with Crippen molar-refractivity contribution in [3.05, 3.63) is 63.1 Å². The number of anilines is 1. The number of carbonyl (C=O) groups is 1. The van der Waals surface area contributed by atoms with Gasteiger partial charge in [-0.1, -0.05) is 17.7 Å². The number of carbonyl (C=O) groups excluding carboxylic acids is 1. The highest BCUT2D eigenvalue weighted by Gasteiger charge is 2.14. The van der Waals surface area contributed by atoms with E-state index in [4.69, 9.17) is 11.6 Å². The summed E-state index contributed by atoms with van der Waals surface area (Å²) >= 11 is 8.83. The SMILES string of the molecule is O=C(Nc1ccc(F)cc1Br)c1cccc(F)c1Cl. The fraction of sp³-hybridized carbons (Fsp3) is 0. The van der Waals surface area contributed by atoms with Gasteiger partial charge >= 0.3 is 0 Å². The molecular formula is C13H7BrClF2NO. The summed E-state index contributed by atoms with van der Waals surface area (Å²) in [6.07, 6.45) is 0. The average molecular weight is 347 g/mol. The lowest BCUT2D eigenvalue weighted by Crippen LogP contribution is -2.13. The van der Waals surface area contributed by atoms with Crippen LogP contribution in [0.1, 0.15) is 10.4 Å². The monoisotopic (exact) mass is 345 g/mol. The number of hydrogen-bond donors (Lipinski definition) is 1. The van der Waals surface area contributed by atoms with Gasteiger partial charge in [-0.25, -0.2) is 8.78 Å². The van der Waals surface area contributed by atoms with E-state index in [1.165, 1.54) is 30.3 Å². The fourth-order valence-corrected chi connectivity index (χ4v) is 2.12. The van der Waals surface area contributed by atoms with Crippen LogP contribution in [-0.4, -0.2) is 5.91 Å². The molecule has 0 radical (unpaired) electrons. The molecule has 0 unspecified atom stereocenters. The van der Waals surface area contributed by atoms with E-state index in [9.17, 15) is 13.6 Å². The predicted octanol–water partition coefficient (Wildman–Crippen LogP) is 4.63. The molecule has 0 saturated heterocycles. The first-order valence-corrected chi connectivity index (χ1v) is 6.36. The zero-order valence-corrected chi connectivity index (χ0v) is 11.7. The minimum atomic E-state index is -0.674. The Morgan fingerprint density at radius 1 is 1.21 bits per heavy atom. The van der Waals surface area contributed by atoms with E-state index < -0.39 is 17.5 Å². The lowest BCUT2D eigenvalue weighted by molar-refractivity contribution is 0.102. The standard InChI is InChI=1S/C13H7BrClF2NO/c14-9-6-7(16)4-5-11(9)18-13(19)8-2-1-3-10(17)12(8)15/h1-6H,(H,18,19). The topological polar surface area (TPSA) is 29.1 Å². The number of hydrogen-bond acceptors (Lipinski definition) is 1. The maximum atomic E-state index is 13.2. The first-order chi connectivity index (χ1) is 8.99. The first kappa shape index (κ1) is 14.0. The van der Waals surface area contributed by atoms with Gasteiger partial charge in [0.2, 0.25) is 0 Å². The highest BCUT2D eigenvalue weighted by atomic mass is 79.9. The number of benzene rings is 2. The molecular weight excluding hydrogens is 340 g/mol. The van der Waals surface area contributed by atoms with Gasteiger partial charge in [-0.2, -0.15) is 0 Å². The van der Waals surface area contributed by atoms with E-state index in [1.54, 1.807) is 0 Å². The Kier molecular flexibility index (Phi) is 4.17. The maximum Gasteiger partial charge on any atom is 0.257 e. The quantitative estimate of drug-likeness (QED) is 0.844. The molecule has 0 bridgehead atoms. The van der Waals surface area contributed by atoms with Crippen LogP contribution in [0.2, 0.25) is 5.02 Å². The minimum absolute atomic E-state index is 0.0119. The van der Waals surface area contributed by atoms with Gasteiger partial charge < -0.3 is 5.32 Å². The molecule has 0 fully saturated rings. The molecule has 2 aromatic rings. The van der Waals surface area contributed by atoms with Crippen LogP contribution in [0.15, 0.2) is 40.9 Å². The molecule has 1 amide bonds. The number of amides is 1. The minimum Gasteiger partial charge on any atom is -0.321 e. The van der Waals surface area contributed by atoms with Gasteiger partial charge in [0.25, 0.3) is 5.91 Å². The fourth-order valence-electron chi connectivity index (χ4n) is 1.46. The first-order valence-electron chi connectivity index (χ1n) is 5.19. The van der Waals surface area contributed by atoms with Crippen molar-refractivity contribution in [2.75, 3.05) is 5.32 Å². The molecule has 98 valence electrons.